The summed E-state index contributed by atoms with van der Waals surface area (Å²) in [5, 5.41) is 2.71. The Hall–Kier alpha value is -3.33. The maximum absolute atomic E-state index is 12.7. The van der Waals surface area contributed by atoms with Gasteiger partial charge in [0, 0.05) is 11.4 Å². The molecule has 0 aliphatic carbocycles. The maximum atomic E-state index is 12.7. The van der Waals surface area contributed by atoms with E-state index in [1.165, 1.54) is 30.6 Å². The van der Waals surface area contributed by atoms with Crippen molar-refractivity contribution in [1.29, 1.82) is 0 Å². The third-order valence-corrected chi connectivity index (χ3v) is 6.69. The Morgan fingerprint density at radius 2 is 1.61 bits per heavy atom. The second-order valence-electron chi connectivity index (χ2n) is 8.40. The lowest BCUT2D eigenvalue weighted by Gasteiger charge is -2.13. The van der Waals surface area contributed by atoms with Crippen LogP contribution in [0.15, 0.2) is 60.7 Å². The van der Waals surface area contributed by atoms with Gasteiger partial charge in [0.05, 0.1) is 30.6 Å². The van der Waals surface area contributed by atoms with Crippen LogP contribution in [0.1, 0.15) is 39.9 Å². The molecule has 36 heavy (non-hydrogen) atoms. The first-order chi connectivity index (χ1) is 17.2. The number of hydrogen-bond donors (Lipinski definition) is 1. The number of rotatable bonds is 11. The van der Waals surface area contributed by atoms with Crippen LogP contribution >= 0.6 is 11.3 Å². The highest BCUT2D eigenvalue weighted by Gasteiger charge is 2.29. The lowest BCUT2D eigenvalue weighted by molar-refractivity contribution is -0.140. The van der Waals surface area contributed by atoms with Crippen LogP contribution in [0.3, 0.4) is 0 Å². The summed E-state index contributed by atoms with van der Waals surface area (Å²) in [6.45, 7) is 2.84. The van der Waals surface area contributed by atoms with E-state index in [2.05, 4.69) is 17.0 Å². The van der Waals surface area contributed by atoms with E-state index < -0.39 is 11.7 Å². The quantitative estimate of drug-likeness (QED) is 0.299. The molecule has 0 bridgehead atoms. The molecule has 0 radical (unpaired) electrons. The topological polar surface area (TPSA) is 64.6 Å². The molecule has 2 aromatic carbocycles. The Morgan fingerprint density at radius 1 is 0.972 bits per heavy atom. The van der Waals surface area contributed by atoms with Gasteiger partial charge in [-0.1, -0.05) is 31.2 Å². The van der Waals surface area contributed by atoms with Crippen molar-refractivity contribution in [2.75, 3.05) is 20.3 Å². The van der Waals surface area contributed by atoms with Gasteiger partial charge in [0.25, 0.3) is 5.91 Å². The average Bonchev–Trinajstić information content (AvgIpc) is 3.35. The van der Waals surface area contributed by atoms with E-state index in [-0.39, 0.29) is 30.8 Å². The fourth-order valence-corrected chi connectivity index (χ4v) is 4.35. The Bertz CT molecular complexity index is 1140. The Kier molecular flexibility index (Phi) is 9.52. The van der Waals surface area contributed by atoms with Gasteiger partial charge in [0.1, 0.15) is 5.75 Å². The van der Waals surface area contributed by atoms with Crippen LogP contribution in [0, 0.1) is 5.92 Å². The van der Waals surface area contributed by atoms with Crippen LogP contribution < -0.4 is 10.1 Å². The van der Waals surface area contributed by atoms with Crippen molar-refractivity contribution >= 4 is 23.2 Å². The second-order valence-corrected chi connectivity index (χ2v) is 9.57. The lowest BCUT2D eigenvalue weighted by atomic mass is 10.0. The molecule has 1 unspecified atom stereocenters. The fraction of sp³-hybridized carbons (Fsp3) is 0.333. The lowest BCUT2D eigenvalue weighted by Crippen LogP contribution is -2.25. The van der Waals surface area contributed by atoms with E-state index in [1.807, 2.05) is 30.3 Å². The summed E-state index contributed by atoms with van der Waals surface area (Å²) in [7, 11) is 1.31. The molecule has 1 heterocycles. The Labute approximate surface area is 212 Å². The summed E-state index contributed by atoms with van der Waals surface area (Å²) < 4.78 is 48.6. The average molecular weight is 520 g/mol. The zero-order valence-electron chi connectivity index (χ0n) is 20.1. The van der Waals surface area contributed by atoms with E-state index in [0.29, 0.717) is 22.8 Å². The summed E-state index contributed by atoms with van der Waals surface area (Å²) in [5.74, 6) is 0.401. The monoisotopic (exact) mass is 519 g/mol. The zero-order valence-corrected chi connectivity index (χ0v) is 20.9. The number of esters is 1. The molecule has 0 fully saturated rings. The largest absolute Gasteiger partial charge is 0.493 e. The van der Waals surface area contributed by atoms with Crippen LogP contribution in [0.2, 0.25) is 0 Å². The van der Waals surface area contributed by atoms with Gasteiger partial charge < -0.3 is 14.8 Å². The predicted octanol–water partition coefficient (Wildman–Crippen LogP) is 6.37. The minimum absolute atomic E-state index is 0.135. The summed E-state index contributed by atoms with van der Waals surface area (Å²) in [6, 6.07) is 16.1. The number of benzene rings is 2. The highest BCUT2D eigenvalue weighted by Crippen LogP contribution is 2.31. The van der Waals surface area contributed by atoms with Gasteiger partial charge >= 0.3 is 12.1 Å². The Balaban J connectivity index is 1.42. The number of hydrogen-bond acceptors (Lipinski definition) is 5. The van der Waals surface area contributed by atoms with E-state index >= 15 is 0 Å². The highest BCUT2D eigenvalue weighted by molar-refractivity contribution is 7.14. The fourth-order valence-electron chi connectivity index (χ4n) is 3.41. The van der Waals surface area contributed by atoms with E-state index in [4.69, 9.17) is 4.74 Å². The van der Waals surface area contributed by atoms with Crippen molar-refractivity contribution in [3.8, 4) is 16.9 Å². The third kappa shape index (κ3) is 8.12. The van der Waals surface area contributed by atoms with Gasteiger partial charge in [-0.15, -0.1) is 11.3 Å². The molecule has 0 spiro atoms. The van der Waals surface area contributed by atoms with Crippen LogP contribution in [0.4, 0.5) is 13.2 Å². The first-order valence-electron chi connectivity index (χ1n) is 11.5. The zero-order chi connectivity index (χ0) is 26.1. The minimum atomic E-state index is -4.35. The van der Waals surface area contributed by atoms with Crippen LogP contribution in [0.25, 0.3) is 11.1 Å². The van der Waals surface area contributed by atoms with Crippen LogP contribution in [-0.4, -0.2) is 32.1 Å². The van der Waals surface area contributed by atoms with E-state index in [9.17, 15) is 22.8 Å². The van der Waals surface area contributed by atoms with Crippen molar-refractivity contribution < 1.29 is 32.2 Å². The molecule has 3 aromatic rings. The summed E-state index contributed by atoms with van der Waals surface area (Å²) in [5.41, 5.74) is 0.847. The highest BCUT2D eigenvalue weighted by atomic mass is 32.1. The van der Waals surface area contributed by atoms with Crippen molar-refractivity contribution in [2.45, 2.75) is 32.4 Å². The van der Waals surface area contributed by atoms with Gasteiger partial charge in [0.2, 0.25) is 0 Å². The number of carbonyl (C=O) groups is 2. The minimum Gasteiger partial charge on any atom is -0.493 e. The SMILES string of the molecule is COC(=O)CCNC(=O)c1ccc(CCC(C)COc2ccc(-c3ccc(C(F)(F)F)cc3)cc2)s1. The smallest absolute Gasteiger partial charge is 0.416 e. The van der Waals surface area contributed by atoms with Crippen LogP contribution in [0.5, 0.6) is 5.75 Å². The molecular formula is C27H28F3NO4S. The molecule has 1 N–H and O–H groups in total. The molecule has 192 valence electrons. The number of nitrogens with one attached hydrogen (secondary N) is 1. The normalized spacial score (nSPS) is 12.1. The molecule has 1 aromatic heterocycles. The predicted molar refractivity (Wildman–Crippen MR) is 133 cm³/mol. The molecule has 0 aliphatic heterocycles. The molecular weight excluding hydrogens is 491 g/mol. The van der Waals surface area contributed by atoms with Gasteiger partial charge in [-0.05, 0) is 66.3 Å². The second kappa shape index (κ2) is 12.6. The van der Waals surface area contributed by atoms with Crippen molar-refractivity contribution in [1.82, 2.24) is 5.32 Å². The number of aryl methyl sites for hydroxylation is 1. The maximum Gasteiger partial charge on any atom is 0.416 e. The molecule has 0 saturated heterocycles. The first-order valence-corrected chi connectivity index (χ1v) is 12.3. The van der Waals surface area contributed by atoms with Crippen molar-refractivity contribution in [2.24, 2.45) is 5.92 Å². The molecule has 3 rings (SSSR count). The molecule has 1 amide bonds. The third-order valence-electron chi connectivity index (χ3n) is 5.55. The molecule has 1 atom stereocenters. The van der Waals surface area contributed by atoms with Gasteiger partial charge in [-0.2, -0.15) is 13.2 Å². The van der Waals surface area contributed by atoms with Gasteiger partial charge in [0.15, 0.2) is 0 Å². The van der Waals surface area contributed by atoms with Crippen LogP contribution in [-0.2, 0) is 22.1 Å². The molecule has 9 heteroatoms. The number of alkyl halides is 3. The number of thiophene rings is 1. The summed E-state index contributed by atoms with van der Waals surface area (Å²) in [6.07, 6.45) is -2.51. The number of ether oxygens (including phenoxy) is 2. The standard InChI is InChI=1S/C27H28F3NO4S/c1-18(3-12-23-13-14-24(36-23)26(33)31-16-15-25(32)34-2)17-35-22-10-6-20(7-11-22)19-4-8-21(9-5-19)27(28,29)30/h4-11,13-14,18H,3,12,15-17H2,1-2H3,(H,31,33). The van der Waals surface area contributed by atoms with Crippen molar-refractivity contribution in [3.63, 3.8) is 0 Å². The molecule has 0 aliphatic rings. The summed E-state index contributed by atoms with van der Waals surface area (Å²) in [4.78, 5) is 25.0. The van der Waals surface area contributed by atoms with Gasteiger partial charge in [-0.25, -0.2) is 0 Å². The van der Waals surface area contributed by atoms with Gasteiger partial charge in [-0.3, -0.25) is 9.59 Å². The summed E-state index contributed by atoms with van der Waals surface area (Å²) >= 11 is 1.43. The van der Waals surface area contributed by atoms with E-state index in [0.717, 1.165) is 35.4 Å². The molecule has 5 nitrogen and oxygen atoms in total. The number of amides is 1. The molecule has 0 saturated carbocycles. The Morgan fingerprint density at radius 3 is 2.22 bits per heavy atom. The number of methoxy groups -OCH3 is 1. The van der Waals surface area contributed by atoms with E-state index in [1.54, 1.807) is 6.07 Å². The number of halogens is 3. The van der Waals surface area contributed by atoms with Crippen molar-refractivity contribution in [3.05, 3.63) is 76.0 Å². The first kappa shape index (κ1) is 27.3. The number of carbonyl (C=O) groups excluding carboxylic acids is 2.